The normalized spacial score (nSPS) is 22.7. The molecule has 1 aliphatic rings. The van der Waals surface area contributed by atoms with Crippen LogP contribution in [0.4, 0.5) is 5.69 Å². The zero-order chi connectivity index (χ0) is 14.5. The number of nitrogens with zero attached hydrogens (tertiary/aromatic N) is 1. The third-order valence-corrected chi connectivity index (χ3v) is 5.36. The van der Waals surface area contributed by atoms with Crippen molar-refractivity contribution in [2.45, 2.75) is 43.5 Å². The summed E-state index contributed by atoms with van der Waals surface area (Å²) in [6, 6.07) is 5.25. The van der Waals surface area contributed by atoms with Gasteiger partial charge in [0.1, 0.15) is 0 Å². The van der Waals surface area contributed by atoms with Crippen LogP contribution in [0.25, 0.3) is 0 Å². The maximum absolute atomic E-state index is 11.1. The quantitative estimate of drug-likeness (QED) is 0.659. The highest BCUT2D eigenvalue weighted by Gasteiger charge is 2.25. The monoisotopic (exact) mass is 314 g/mol. The Hall–Kier alpha value is -0.780. The lowest BCUT2D eigenvalue weighted by Gasteiger charge is -2.31. The molecule has 1 aromatic carbocycles. The molecule has 1 N–H and O–H groups in total. The Morgan fingerprint density at radius 1 is 1.45 bits per heavy atom. The van der Waals surface area contributed by atoms with Crippen molar-refractivity contribution < 1.29 is 4.92 Å². The molecular weight excluding hydrogens is 296 g/mol. The van der Waals surface area contributed by atoms with Gasteiger partial charge in [-0.2, -0.15) is 11.8 Å². The predicted octanol–water partition coefficient (Wildman–Crippen LogP) is 4.01. The fourth-order valence-corrected chi connectivity index (χ4v) is 3.94. The first-order valence-corrected chi connectivity index (χ1v) is 8.48. The minimum absolute atomic E-state index is 0.0986. The number of nitrogens with one attached hydrogen (secondary N) is 1. The van der Waals surface area contributed by atoms with Crippen LogP contribution < -0.4 is 5.32 Å². The van der Waals surface area contributed by atoms with Gasteiger partial charge in [0.15, 0.2) is 0 Å². The van der Waals surface area contributed by atoms with Gasteiger partial charge in [-0.05, 0) is 25.2 Å². The predicted molar refractivity (Wildman–Crippen MR) is 84.5 cm³/mol. The average Bonchev–Trinajstić information content (AvgIpc) is 2.46. The highest BCUT2D eigenvalue weighted by atomic mass is 35.5. The summed E-state index contributed by atoms with van der Waals surface area (Å²) >= 11 is 7.99. The molecule has 6 heteroatoms. The van der Waals surface area contributed by atoms with E-state index in [1.807, 2.05) is 11.8 Å². The van der Waals surface area contributed by atoms with E-state index in [9.17, 15) is 10.1 Å². The lowest BCUT2D eigenvalue weighted by atomic mass is 9.94. The van der Waals surface area contributed by atoms with Gasteiger partial charge in [-0.3, -0.25) is 10.1 Å². The lowest BCUT2D eigenvalue weighted by Crippen LogP contribution is -2.40. The Bertz CT molecular complexity index is 484. The maximum Gasteiger partial charge on any atom is 0.275 e. The van der Waals surface area contributed by atoms with E-state index >= 15 is 0 Å². The minimum Gasteiger partial charge on any atom is -0.309 e. The number of halogens is 1. The van der Waals surface area contributed by atoms with E-state index in [1.165, 1.54) is 25.3 Å². The maximum atomic E-state index is 11.1. The molecule has 1 fully saturated rings. The van der Waals surface area contributed by atoms with Gasteiger partial charge in [0, 0.05) is 23.9 Å². The third-order valence-electron chi connectivity index (χ3n) is 3.84. The minimum atomic E-state index is -0.365. The zero-order valence-corrected chi connectivity index (χ0v) is 13.0. The van der Waals surface area contributed by atoms with Gasteiger partial charge in [0.25, 0.3) is 5.69 Å². The topological polar surface area (TPSA) is 55.2 Å². The van der Waals surface area contributed by atoms with Crippen LogP contribution >= 0.6 is 23.4 Å². The van der Waals surface area contributed by atoms with Crippen molar-refractivity contribution in [2.24, 2.45) is 0 Å². The van der Waals surface area contributed by atoms with Gasteiger partial charge >= 0.3 is 0 Å². The second-order valence-electron chi connectivity index (χ2n) is 5.04. The summed E-state index contributed by atoms with van der Waals surface area (Å²) in [6.45, 7) is 0.456. The molecule has 0 aromatic heterocycles. The number of thioether (sulfide) groups is 1. The van der Waals surface area contributed by atoms with E-state index < -0.39 is 0 Å². The van der Waals surface area contributed by atoms with Crippen LogP contribution in [0.5, 0.6) is 0 Å². The van der Waals surface area contributed by atoms with Gasteiger partial charge in [0.05, 0.1) is 15.5 Å². The van der Waals surface area contributed by atoms with E-state index in [2.05, 4.69) is 11.6 Å². The van der Waals surface area contributed by atoms with Gasteiger partial charge < -0.3 is 5.32 Å². The lowest BCUT2D eigenvalue weighted by molar-refractivity contribution is -0.385. The summed E-state index contributed by atoms with van der Waals surface area (Å²) in [5.41, 5.74) is 0.686. The van der Waals surface area contributed by atoms with Gasteiger partial charge in [0.2, 0.25) is 0 Å². The number of hydrogen-bond acceptors (Lipinski definition) is 4. The fraction of sp³-hybridized carbons (Fsp3) is 0.571. The number of benzene rings is 1. The van der Waals surface area contributed by atoms with E-state index in [4.69, 9.17) is 11.6 Å². The fourth-order valence-electron chi connectivity index (χ4n) is 2.74. The SMILES string of the molecule is CSC1CCCCC1NCc1c(Cl)cccc1[N+](=O)[O-]. The van der Waals surface area contributed by atoms with Crippen LogP contribution in [0.1, 0.15) is 31.2 Å². The molecule has 0 saturated heterocycles. The molecule has 110 valence electrons. The van der Waals surface area contributed by atoms with Gasteiger partial charge in [-0.1, -0.05) is 30.5 Å². The summed E-state index contributed by atoms with van der Waals surface area (Å²) in [4.78, 5) is 10.7. The Morgan fingerprint density at radius 3 is 2.90 bits per heavy atom. The van der Waals surface area contributed by atoms with Crippen molar-refractivity contribution in [3.8, 4) is 0 Å². The Labute approximate surface area is 128 Å². The molecule has 0 heterocycles. The van der Waals surface area contributed by atoms with Crippen molar-refractivity contribution in [1.29, 1.82) is 0 Å². The summed E-state index contributed by atoms with van der Waals surface area (Å²) in [5, 5.41) is 15.6. The van der Waals surface area contributed by atoms with Crippen LogP contribution in [0.2, 0.25) is 5.02 Å². The van der Waals surface area contributed by atoms with Gasteiger partial charge in [-0.25, -0.2) is 0 Å². The number of nitro benzene ring substituents is 1. The molecule has 2 atom stereocenters. The molecule has 0 bridgehead atoms. The zero-order valence-electron chi connectivity index (χ0n) is 11.5. The molecule has 0 amide bonds. The second-order valence-corrected chi connectivity index (χ2v) is 6.52. The molecule has 2 rings (SSSR count). The van der Waals surface area contributed by atoms with E-state index in [0.29, 0.717) is 28.4 Å². The number of hydrogen-bond donors (Lipinski definition) is 1. The average molecular weight is 315 g/mol. The molecule has 1 saturated carbocycles. The molecule has 1 aliphatic carbocycles. The molecule has 0 aliphatic heterocycles. The first-order valence-electron chi connectivity index (χ1n) is 6.81. The Morgan fingerprint density at radius 2 is 2.20 bits per heavy atom. The van der Waals surface area contributed by atoms with E-state index in [-0.39, 0.29) is 10.6 Å². The first-order chi connectivity index (χ1) is 9.63. The van der Waals surface area contributed by atoms with Crippen LogP contribution in [-0.4, -0.2) is 22.5 Å². The van der Waals surface area contributed by atoms with Crippen LogP contribution in [-0.2, 0) is 6.54 Å². The first kappa shape index (κ1) is 15.6. The molecule has 2 unspecified atom stereocenters. The van der Waals surface area contributed by atoms with Crippen LogP contribution in [0.3, 0.4) is 0 Å². The van der Waals surface area contributed by atoms with Crippen molar-refractivity contribution >= 4 is 29.1 Å². The largest absolute Gasteiger partial charge is 0.309 e. The summed E-state index contributed by atoms with van der Waals surface area (Å²) in [7, 11) is 0. The van der Waals surface area contributed by atoms with E-state index in [0.717, 1.165) is 6.42 Å². The molecule has 1 aromatic rings. The smallest absolute Gasteiger partial charge is 0.275 e. The highest BCUT2D eigenvalue weighted by molar-refractivity contribution is 7.99. The van der Waals surface area contributed by atoms with E-state index in [1.54, 1.807) is 12.1 Å². The van der Waals surface area contributed by atoms with Gasteiger partial charge in [-0.15, -0.1) is 0 Å². The number of nitro groups is 1. The highest BCUT2D eigenvalue weighted by Crippen LogP contribution is 2.29. The third kappa shape index (κ3) is 3.65. The second kappa shape index (κ2) is 7.29. The molecular formula is C14H19ClN2O2S. The molecule has 0 radical (unpaired) electrons. The van der Waals surface area contributed by atoms with Crippen LogP contribution in [0.15, 0.2) is 18.2 Å². The Kier molecular flexibility index (Phi) is 5.69. The Balaban J connectivity index is 2.08. The summed E-state index contributed by atoms with van der Waals surface area (Å²) < 4.78 is 0. The van der Waals surface area contributed by atoms with Crippen molar-refractivity contribution in [3.05, 3.63) is 38.9 Å². The number of rotatable bonds is 5. The van der Waals surface area contributed by atoms with Crippen molar-refractivity contribution in [1.82, 2.24) is 5.32 Å². The van der Waals surface area contributed by atoms with Crippen molar-refractivity contribution in [3.63, 3.8) is 0 Å². The molecule has 20 heavy (non-hydrogen) atoms. The standard InChI is InChI=1S/C14H19ClN2O2S/c1-20-14-8-3-2-6-12(14)16-9-10-11(15)5-4-7-13(10)17(18)19/h4-5,7,12,14,16H,2-3,6,8-9H2,1H3. The van der Waals surface area contributed by atoms with Crippen molar-refractivity contribution in [2.75, 3.05) is 6.26 Å². The summed E-state index contributed by atoms with van der Waals surface area (Å²) in [5.74, 6) is 0. The van der Waals surface area contributed by atoms with Crippen LogP contribution in [0, 0.1) is 10.1 Å². The molecule has 4 nitrogen and oxygen atoms in total. The molecule has 0 spiro atoms. The summed E-state index contributed by atoms with van der Waals surface area (Å²) in [6.07, 6.45) is 6.96.